The van der Waals surface area contributed by atoms with Gasteiger partial charge in [0.2, 0.25) is 0 Å². The number of thioether (sulfide) groups is 1. The lowest BCUT2D eigenvalue weighted by Gasteiger charge is -2.18. The summed E-state index contributed by atoms with van der Waals surface area (Å²) in [7, 11) is 0. The van der Waals surface area contributed by atoms with Gasteiger partial charge in [-0.2, -0.15) is 0 Å². The van der Waals surface area contributed by atoms with Gasteiger partial charge in [0.25, 0.3) is 0 Å². The van der Waals surface area contributed by atoms with Crippen molar-refractivity contribution in [2.75, 3.05) is 12.9 Å². The molecule has 0 radical (unpaired) electrons. The van der Waals surface area contributed by atoms with Crippen molar-refractivity contribution < 1.29 is 24.5 Å². The lowest BCUT2D eigenvalue weighted by atomic mass is 10.1. The molecule has 3 N–H and O–H groups in total. The Labute approximate surface area is 134 Å². The number of nitrogens with zero attached hydrogens (tertiary/aromatic N) is 3. The smallest absolute Gasteiger partial charge is 0.165 e. The molecular formula is C14H15N3O5S. The largest absolute Gasteiger partial charge is 0.462 e. The van der Waals surface area contributed by atoms with Crippen molar-refractivity contribution in [2.24, 2.45) is 0 Å². The monoisotopic (exact) mass is 337 g/mol. The second kappa shape index (κ2) is 5.46. The van der Waals surface area contributed by atoms with Gasteiger partial charge < -0.3 is 24.5 Å². The number of ether oxygens (including phenoxy) is 1. The van der Waals surface area contributed by atoms with Crippen LogP contribution in [0.2, 0.25) is 0 Å². The molecular weight excluding hydrogens is 322 g/mol. The van der Waals surface area contributed by atoms with Crippen molar-refractivity contribution in [3.63, 3.8) is 0 Å². The van der Waals surface area contributed by atoms with Crippen LogP contribution in [-0.4, -0.2) is 61.0 Å². The normalized spacial score (nSPS) is 28.2. The minimum absolute atomic E-state index is 0.381. The summed E-state index contributed by atoms with van der Waals surface area (Å²) in [5.74, 6) is 0. The fraction of sp³-hybridized carbons (Fsp3) is 0.429. The van der Waals surface area contributed by atoms with E-state index in [9.17, 15) is 15.3 Å². The zero-order valence-corrected chi connectivity index (χ0v) is 13.0. The average Bonchev–Trinajstić information content (AvgIpc) is 3.22. The van der Waals surface area contributed by atoms with Crippen LogP contribution in [0.3, 0.4) is 0 Å². The Hall–Kier alpha value is -1.65. The number of fused-ring (bicyclic) bond motifs is 3. The second-order valence-electron chi connectivity index (χ2n) is 5.32. The molecule has 4 rings (SSSR count). The third kappa shape index (κ3) is 2.01. The molecule has 122 valence electrons. The number of rotatable bonds is 3. The van der Waals surface area contributed by atoms with Gasteiger partial charge >= 0.3 is 0 Å². The molecule has 1 aliphatic rings. The zero-order valence-electron chi connectivity index (χ0n) is 12.2. The molecule has 0 aliphatic carbocycles. The molecule has 0 spiro atoms. The van der Waals surface area contributed by atoms with Crippen LogP contribution >= 0.6 is 11.8 Å². The Balaban J connectivity index is 1.97. The first-order chi connectivity index (χ1) is 11.2. The Kier molecular flexibility index (Phi) is 3.54. The zero-order chi connectivity index (χ0) is 16.1. The summed E-state index contributed by atoms with van der Waals surface area (Å²) in [6, 6.07) is 1.75. The number of furan rings is 1. The molecule has 3 aromatic heterocycles. The van der Waals surface area contributed by atoms with Crippen molar-refractivity contribution in [3.8, 4) is 0 Å². The van der Waals surface area contributed by atoms with Gasteiger partial charge in [-0.3, -0.25) is 4.57 Å². The first-order valence-corrected chi connectivity index (χ1v) is 8.28. The van der Waals surface area contributed by atoms with Crippen molar-refractivity contribution in [1.82, 2.24) is 14.5 Å². The predicted molar refractivity (Wildman–Crippen MR) is 82.1 cm³/mol. The molecule has 9 heteroatoms. The molecule has 0 amide bonds. The highest BCUT2D eigenvalue weighted by Gasteiger charge is 2.44. The Morgan fingerprint density at radius 3 is 2.83 bits per heavy atom. The van der Waals surface area contributed by atoms with Crippen LogP contribution in [0.15, 0.2) is 28.1 Å². The maximum atomic E-state index is 10.3. The predicted octanol–water partition coefficient (Wildman–Crippen LogP) is 0.511. The first-order valence-electron chi connectivity index (χ1n) is 7.06. The molecule has 0 aromatic carbocycles. The number of aromatic nitrogens is 3. The van der Waals surface area contributed by atoms with Gasteiger partial charge in [-0.1, -0.05) is 0 Å². The Morgan fingerprint density at radius 2 is 2.13 bits per heavy atom. The van der Waals surface area contributed by atoms with Crippen LogP contribution in [0.4, 0.5) is 0 Å². The molecule has 1 aliphatic heterocycles. The van der Waals surface area contributed by atoms with Gasteiger partial charge in [0.1, 0.15) is 29.7 Å². The van der Waals surface area contributed by atoms with Crippen LogP contribution in [-0.2, 0) is 4.74 Å². The van der Waals surface area contributed by atoms with Gasteiger partial charge in [-0.25, -0.2) is 9.97 Å². The third-order valence-electron chi connectivity index (χ3n) is 4.12. The van der Waals surface area contributed by atoms with Crippen LogP contribution in [0, 0.1) is 0 Å². The van der Waals surface area contributed by atoms with Crippen LogP contribution in [0.5, 0.6) is 0 Å². The van der Waals surface area contributed by atoms with E-state index in [1.165, 1.54) is 18.1 Å². The van der Waals surface area contributed by atoms with Crippen molar-refractivity contribution in [1.29, 1.82) is 0 Å². The SMILES string of the molecule is CSc1ncnc2c1c1occc1n2C1OC(CO)C(O)C1O. The average molecular weight is 337 g/mol. The molecule has 0 saturated carbocycles. The molecule has 1 fully saturated rings. The summed E-state index contributed by atoms with van der Waals surface area (Å²) in [6.07, 6.45) is 0.796. The van der Waals surface area contributed by atoms with Crippen LogP contribution in [0.25, 0.3) is 22.1 Å². The van der Waals surface area contributed by atoms with E-state index in [0.29, 0.717) is 16.7 Å². The maximum absolute atomic E-state index is 10.3. The standard InChI is InChI=1S/C14H15N3O5S/c1-23-13-8-11-6(2-3-21-11)17(12(8)15-5-16-13)14-10(20)9(19)7(4-18)22-14/h2-3,5,7,9-10,14,18-20H,4H2,1H3. The minimum Gasteiger partial charge on any atom is -0.462 e. The molecule has 23 heavy (non-hydrogen) atoms. The Morgan fingerprint density at radius 1 is 1.30 bits per heavy atom. The van der Waals surface area contributed by atoms with Crippen LogP contribution in [0.1, 0.15) is 6.23 Å². The van der Waals surface area contributed by atoms with Gasteiger partial charge in [0.15, 0.2) is 17.5 Å². The molecule has 4 unspecified atom stereocenters. The van der Waals surface area contributed by atoms with E-state index in [1.807, 2.05) is 6.26 Å². The number of hydrogen-bond acceptors (Lipinski definition) is 8. The number of aliphatic hydroxyl groups excluding tert-OH is 3. The van der Waals surface area contributed by atoms with E-state index in [0.717, 1.165) is 10.4 Å². The van der Waals surface area contributed by atoms with E-state index in [2.05, 4.69) is 9.97 Å². The first kappa shape index (κ1) is 14.9. The fourth-order valence-corrected chi connectivity index (χ4v) is 3.58. The summed E-state index contributed by atoms with van der Waals surface area (Å²) >= 11 is 1.46. The van der Waals surface area contributed by atoms with Gasteiger partial charge in [0, 0.05) is 6.07 Å². The van der Waals surface area contributed by atoms with E-state index >= 15 is 0 Å². The fourth-order valence-electron chi connectivity index (χ4n) is 3.04. The second-order valence-corrected chi connectivity index (χ2v) is 6.11. The topological polar surface area (TPSA) is 114 Å². The maximum Gasteiger partial charge on any atom is 0.165 e. The van der Waals surface area contributed by atoms with Crippen molar-refractivity contribution in [2.45, 2.75) is 29.6 Å². The van der Waals surface area contributed by atoms with E-state index < -0.39 is 24.5 Å². The highest BCUT2D eigenvalue weighted by atomic mass is 32.2. The van der Waals surface area contributed by atoms with E-state index in [1.54, 1.807) is 16.9 Å². The highest BCUT2D eigenvalue weighted by Crippen LogP contribution is 2.39. The summed E-state index contributed by atoms with van der Waals surface area (Å²) in [5, 5.41) is 31.1. The number of aliphatic hydroxyl groups is 3. The van der Waals surface area contributed by atoms with Gasteiger partial charge in [-0.15, -0.1) is 11.8 Å². The number of hydrogen-bond donors (Lipinski definition) is 3. The van der Waals surface area contributed by atoms with Gasteiger partial charge in [-0.05, 0) is 6.26 Å². The summed E-state index contributed by atoms with van der Waals surface area (Å²) in [5.41, 5.74) is 1.84. The van der Waals surface area contributed by atoms with Crippen molar-refractivity contribution in [3.05, 3.63) is 18.7 Å². The molecule has 8 nitrogen and oxygen atoms in total. The quantitative estimate of drug-likeness (QED) is 0.468. The Bertz CT molecular complexity index is 863. The molecule has 4 atom stereocenters. The van der Waals surface area contributed by atoms with E-state index in [4.69, 9.17) is 9.15 Å². The molecule has 3 aromatic rings. The van der Waals surface area contributed by atoms with Crippen molar-refractivity contribution >= 4 is 33.9 Å². The lowest BCUT2D eigenvalue weighted by molar-refractivity contribution is -0.0489. The minimum atomic E-state index is -1.19. The van der Waals surface area contributed by atoms with E-state index in [-0.39, 0.29) is 6.61 Å². The lowest BCUT2D eigenvalue weighted by Crippen LogP contribution is -2.33. The molecule has 4 heterocycles. The summed E-state index contributed by atoms with van der Waals surface area (Å²) in [6.45, 7) is -0.381. The third-order valence-corrected chi connectivity index (χ3v) is 4.81. The van der Waals surface area contributed by atoms with Gasteiger partial charge in [0.05, 0.1) is 23.8 Å². The highest BCUT2D eigenvalue weighted by molar-refractivity contribution is 7.98. The summed E-state index contributed by atoms with van der Waals surface area (Å²) in [4.78, 5) is 8.54. The molecule has 1 saturated heterocycles. The molecule has 0 bridgehead atoms. The summed E-state index contributed by atoms with van der Waals surface area (Å²) < 4.78 is 12.9. The van der Waals surface area contributed by atoms with Crippen LogP contribution < -0.4 is 0 Å².